The van der Waals surface area contributed by atoms with Crippen LogP contribution in [-0.2, 0) is 6.42 Å². The number of benzene rings is 1. The molecule has 0 amide bonds. The smallest absolute Gasteiger partial charge is 0.161 e. The first kappa shape index (κ1) is 17.8. The van der Waals surface area contributed by atoms with E-state index in [0.29, 0.717) is 0 Å². The minimum absolute atomic E-state index is 0.721. The van der Waals surface area contributed by atoms with Crippen LogP contribution in [0.25, 0.3) is 0 Å². The number of methoxy groups -OCH3 is 1. The Kier molecular flexibility index (Phi) is 9.71. The number of hydrogen-bond acceptors (Lipinski definition) is 3. The van der Waals surface area contributed by atoms with Gasteiger partial charge in [0.15, 0.2) is 11.5 Å². The summed E-state index contributed by atoms with van der Waals surface area (Å²) < 4.78 is 11.3. The molecule has 1 rings (SSSR count). The van der Waals surface area contributed by atoms with Crippen LogP contribution in [0.2, 0.25) is 0 Å². The zero-order valence-electron chi connectivity index (χ0n) is 13.7. The van der Waals surface area contributed by atoms with Crippen LogP contribution in [0.1, 0.15) is 57.4 Å². The van der Waals surface area contributed by atoms with E-state index in [0.717, 1.165) is 43.9 Å². The van der Waals surface area contributed by atoms with Gasteiger partial charge < -0.3 is 15.2 Å². The third-order valence-electron chi connectivity index (χ3n) is 3.65. The van der Waals surface area contributed by atoms with Gasteiger partial charge in [-0.2, -0.15) is 0 Å². The molecule has 3 heteroatoms. The third kappa shape index (κ3) is 7.37. The van der Waals surface area contributed by atoms with E-state index in [4.69, 9.17) is 15.2 Å². The van der Waals surface area contributed by atoms with Gasteiger partial charge in [-0.05, 0) is 43.5 Å². The van der Waals surface area contributed by atoms with E-state index in [1.807, 2.05) is 6.07 Å². The maximum atomic E-state index is 5.84. The molecule has 0 aliphatic carbocycles. The van der Waals surface area contributed by atoms with Crippen molar-refractivity contribution >= 4 is 0 Å². The quantitative estimate of drug-likeness (QED) is 0.583. The number of rotatable bonds is 12. The summed E-state index contributed by atoms with van der Waals surface area (Å²) >= 11 is 0. The lowest BCUT2D eigenvalue weighted by atomic mass is 10.1. The fourth-order valence-corrected chi connectivity index (χ4v) is 2.36. The molecule has 0 aliphatic rings. The van der Waals surface area contributed by atoms with Crippen molar-refractivity contribution in [2.24, 2.45) is 5.73 Å². The summed E-state index contributed by atoms with van der Waals surface area (Å²) in [6.45, 7) is 3.73. The first-order valence-corrected chi connectivity index (χ1v) is 8.31. The largest absolute Gasteiger partial charge is 0.493 e. The van der Waals surface area contributed by atoms with Crippen molar-refractivity contribution in [3.63, 3.8) is 0 Å². The molecule has 21 heavy (non-hydrogen) atoms. The SMILES string of the molecule is CCCCCCCCOc1ccc(CCCN)cc1OC. The molecule has 0 aromatic heterocycles. The Morgan fingerprint density at radius 2 is 1.71 bits per heavy atom. The number of aryl methyl sites for hydroxylation is 1. The highest BCUT2D eigenvalue weighted by Crippen LogP contribution is 2.28. The molecule has 0 bridgehead atoms. The van der Waals surface area contributed by atoms with Gasteiger partial charge in [-0.1, -0.05) is 45.1 Å². The van der Waals surface area contributed by atoms with Crippen LogP contribution in [0.3, 0.4) is 0 Å². The number of unbranched alkanes of at least 4 members (excludes halogenated alkanes) is 5. The predicted molar refractivity (Wildman–Crippen MR) is 89.2 cm³/mol. The van der Waals surface area contributed by atoms with Crippen LogP contribution >= 0.6 is 0 Å². The van der Waals surface area contributed by atoms with E-state index >= 15 is 0 Å². The van der Waals surface area contributed by atoms with Crippen LogP contribution in [0.15, 0.2) is 18.2 Å². The molecule has 0 saturated carbocycles. The number of ether oxygens (including phenoxy) is 2. The topological polar surface area (TPSA) is 44.5 Å². The molecular formula is C18H31NO2. The Balaban J connectivity index is 2.33. The van der Waals surface area contributed by atoms with Crippen LogP contribution < -0.4 is 15.2 Å². The lowest BCUT2D eigenvalue weighted by Gasteiger charge is -2.12. The average molecular weight is 293 g/mol. The second kappa shape index (κ2) is 11.4. The van der Waals surface area contributed by atoms with Crippen LogP contribution in [-0.4, -0.2) is 20.3 Å². The molecule has 0 unspecified atom stereocenters. The normalized spacial score (nSPS) is 10.6. The van der Waals surface area contributed by atoms with Crippen molar-refractivity contribution in [1.29, 1.82) is 0 Å². The number of nitrogens with two attached hydrogens (primary N) is 1. The van der Waals surface area contributed by atoms with Crippen LogP contribution in [0.4, 0.5) is 0 Å². The van der Waals surface area contributed by atoms with Crippen LogP contribution in [0.5, 0.6) is 11.5 Å². The molecule has 0 aliphatic heterocycles. The van der Waals surface area contributed by atoms with E-state index in [2.05, 4.69) is 19.1 Å². The molecule has 0 saturated heterocycles. The Morgan fingerprint density at radius 1 is 0.952 bits per heavy atom. The summed E-state index contributed by atoms with van der Waals surface area (Å²) in [6, 6.07) is 6.18. The molecule has 120 valence electrons. The average Bonchev–Trinajstić information content (AvgIpc) is 2.52. The van der Waals surface area contributed by atoms with Gasteiger partial charge in [-0.15, -0.1) is 0 Å². The molecule has 1 aromatic rings. The first-order chi connectivity index (χ1) is 10.3. The maximum Gasteiger partial charge on any atom is 0.161 e. The van der Waals surface area contributed by atoms with E-state index in [1.165, 1.54) is 37.7 Å². The number of hydrogen-bond donors (Lipinski definition) is 1. The monoisotopic (exact) mass is 293 g/mol. The van der Waals surface area contributed by atoms with Gasteiger partial charge >= 0.3 is 0 Å². The minimum atomic E-state index is 0.721. The van der Waals surface area contributed by atoms with Gasteiger partial charge in [-0.3, -0.25) is 0 Å². The molecule has 3 nitrogen and oxygen atoms in total. The second-order valence-corrected chi connectivity index (χ2v) is 5.49. The molecule has 2 N–H and O–H groups in total. The van der Waals surface area contributed by atoms with Gasteiger partial charge in [0.2, 0.25) is 0 Å². The standard InChI is InChI=1S/C18H31NO2/c1-3-4-5-6-7-8-14-21-17-12-11-16(10-9-13-19)15-18(17)20-2/h11-12,15H,3-10,13-14,19H2,1-2H3. The summed E-state index contributed by atoms with van der Waals surface area (Å²) in [5, 5.41) is 0. The van der Waals surface area contributed by atoms with Crippen molar-refractivity contribution in [3.8, 4) is 11.5 Å². The second-order valence-electron chi connectivity index (χ2n) is 5.49. The molecule has 0 atom stereocenters. The molecule has 0 radical (unpaired) electrons. The van der Waals surface area contributed by atoms with Gasteiger partial charge in [0.25, 0.3) is 0 Å². The predicted octanol–water partition coefficient (Wildman–Crippen LogP) is 4.33. The molecule has 0 heterocycles. The first-order valence-electron chi connectivity index (χ1n) is 8.31. The Labute approximate surface area is 129 Å². The van der Waals surface area contributed by atoms with Gasteiger partial charge in [0, 0.05) is 0 Å². The molecule has 0 spiro atoms. The lowest BCUT2D eigenvalue weighted by molar-refractivity contribution is 0.284. The van der Waals surface area contributed by atoms with Gasteiger partial charge in [0.05, 0.1) is 13.7 Å². The summed E-state index contributed by atoms with van der Waals surface area (Å²) in [6.07, 6.45) is 9.65. The lowest BCUT2D eigenvalue weighted by Crippen LogP contribution is -2.02. The van der Waals surface area contributed by atoms with E-state index < -0.39 is 0 Å². The molecule has 0 fully saturated rings. The Morgan fingerprint density at radius 3 is 2.43 bits per heavy atom. The van der Waals surface area contributed by atoms with E-state index in [1.54, 1.807) is 7.11 Å². The van der Waals surface area contributed by atoms with Gasteiger partial charge in [-0.25, -0.2) is 0 Å². The minimum Gasteiger partial charge on any atom is -0.493 e. The maximum absolute atomic E-state index is 5.84. The van der Waals surface area contributed by atoms with Crippen LogP contribution in [0, 0.1) is 0 Å². The fraction of sp³-hybridized carbons (Fsp3) is 0.667. The van der Waals surface area contributed by atoms with Crippen molar-refractivity contribution < 1.29 is 9.47 Å². The molecule has 1 aromatic carbocycles. The van der Waals surface area contributed by atoms with Crippen molar-refractivity contribution in [2.75, 3.05) is 20.3 Å². The zero-order chi connectivity index (χ0) is 15.3. The van der Waals surface area contributed by atoms with Crippen molar-refractivity contribution in [1.82, 2.24) is 0 Å². The molecular weight excluding hydrogens is 262 g/mol. The summed E-state index contributed by atoms with van der Waals surface area (Å²) in [4.78, 5) is 0. The Bertz CT molecular complexity index is 379. The Hall–Kier alpha value is -1.22. The van der Waals surface area contributed by atoms with E-state index in [-0.39, 0.29) is 0 Å². The fourth-order valence-electron chi connectivity index (χ4n) is 2.36. The highest BCUT2D eigenvalue weighted by Gasteiger charge is 2.05. The van der Waals surface area contributed by atoms with E-state index in [9.17, 15) is 0 Å². The zero-order valence-corrected chi connectivity index (χ0v) is 13.7. The third-order valence-corrected chi connectivity index (χ3v) is 3.65. The van der Waals surface area contributed by atoms with Gasteiger partial charge in [0.1, 0.15) is 0 Å². The van der Waals surface area contributed by atoms with Crippen molar-refractivity contribution in [2.45, 2.75) is 58.3 Å². The highest BCUT2D eigenvalue weighted by atomic mass is 16.5. The highest BCUT2D eigenvalue weighted by molar-refractivity contribution is 5.43. The summed E-state index contributed by atoms with van der Waals surface area (Å²) in [5.41, 5.74) is 6.80. The summed E-state index contributed by atoms with van der Waals surface area (Å²) in [7, 11) is 1.69. The summed E-state index contributed by atoms with van der Waals surface area (Å²) in [5.74, 6) is 1.68. The van der Waals surface area contributed by atoms with Crippen molar-refractivity contribution in [3.05, 3.63) is 23.8 Å².